The smallest absolute Gasteiger partial charge is 0.128 e. The second-order valence-electron chi connectivity index (χ2n) is 9.25. The largest absolute Gasteiger partial charge is 0.224 e. The first kappa shape index (κ1) is 21.2. The second kappa shape index (κ2) is 8.27. The van der Waals surface area contributed by atoms with Crippen LogP contribution in [0.4, 0.5) is 0 Å². The summed E-state index contributed by atoms with van der Waals surface area (Å²) in [5, 5.41) is 0. The van der Waals surface area contributed by atoms with Crippen molar-refractivity contribution in [3.8, 4) is 0 Å². The van der Waals surface area contributed by atoms with Gasteiger partial charge in [0.15, 0.2) is 0 Å². The lowest BCUT2D eigenvalue weighted by molar-refractivity contribution is -0.408. The van der Waals surface area contributed by atoms with Gasteiger partial charge in [0.1, 0.15) is 11.2 Å². The first-order valence-corrected chi connectivity index (χ1v) is 10.3. The molecule has 0 saturated carbocycles. The molecule has 0 radical (unpaired) electrons. The van der Waals surface area contributed by atoms with Crippen LogP contribution in [0.25, 0.3) is 0 Å². The van der Waals surface area contributed by atoms with Gasteiger partial charge in [-0.2, -0.15) is 0 Å². The van der Waals surface area contributed by atoms with Crippen LogP contribution in [0.2, 0.25) is 0 Å². The number of hydrogen-bond acceptors (Lipinski definition) is 2. The molecule has 2 rings (SSSR count). The fraction of sp³-hybridized carbons (Fsp3) is 0.667. The zero-order valence-corrected chi connectivity index (χ0v) is 18.0. The Morgan fingerprint density at radius 2 is 1.00 bits per heavy atom. The molecule has 0 heterocycles. The molecule has 0 fully saturated rings. The lowest BCUT2D eigenvalue weighted by atomic mass is 9.78. The van der Waals surface area contributed by atoms with E-state index in [4.69, 9.17) is 9.78 Å². The summed E-state index contributed by atoms with van der Waals surface area (Å²) in [4.78, 5) is 12.7. The van der Waals surface area contributed by atoms with Gasteiger partial charge in [-0.05, 0) is 35.8 Å². The standard InChI is InChI=1S/C24H38O2/c1-17(2)21-11-9-13-23(15-21,19(5)6)25-26-24(20(7)8)14-10-12-22(16-24)18(3)4/h9-14,17-20H,15-16H2,1-8H3. The minimum Gasteiger partial charge on any atom is -0.224 e. The topological polar surface area (TPSA) is 18.5 Å². The Balaban J connectivity index is 2.22. The molecule has 2 atom stereocenters. The van der Waals surface area contributed by atoms with E-state index >= 15 is 0 Å². The van der Waals surface area contributed by atoms with Crippen LogP contribution in [-0.2, 0) is 9.78 Å². The van der Waals surface area contributed by atoms with E-state index < -0.39 is 11.2 Å². The molecule has 2 aliphatic rings. The molecule has 2 aliphatic carbocycles. The van der Waals surface area contributed by atoms with E-state index in [9.17, 15) is 0 Å². The van der Waals surface area contributed by atoms with Gasteiger partial charge in [0.2, 0.25) is 0 Å². The predicted molar refractivity (Wildman–Crippen MR) is 111 cm³/mol. The van der Waals surface area contributed by atoms with Gasteiger partial charge in [-0.3, -0.25) is 0 Å². The molecule has 0 aromatic carbocycles. The Labute approximate surface area is 161 Å². The van der Waals surface area contributed by atoms with Crippen molar-refractivity contribution in [2.45, 2.75) is 79.4 Å². The second-order valence-corrected chi connectivity index (χ2v) is 9.25. The van der Waals surface area contributed by atoms with Crippen molar-refractivity contribution in [2.24, 2.45) is 23.7 Å². The van der Waals surface area contributed by atoms with Gasteiger partial charge < -0.3 is 0 Å². The molecule has 0 aliphatic heterocycles. The van der Waals surface area contributed by atoms with Crippen LogP contribution < -0.4 is 0 Å². The van der Waals surface area contributed by atoms with E-state index in [-0.39, 0.29) is 0 Å². The van der Waals surface area contributed by atoms with Crippen molar-refractivity contribution >= 4 is 0 Å². The summed E-state index contributed by atoms with van der Waals surface area (Å²) in [7, 11) is 0. The molecule has 26 heavy (non-hydrogen) atoms. The summed E-state index contributed by atoms with van der Waals surface area (Å²) in [6.07, 6.45) is 14.9. The van der Waals surface area contributed by atoms with Crippen LogP contribution in [0, 0.1) is 23.7 Å². The maximum atomic E-state index is 6.34. The van der Waals surface area contributed by atoms with E-state index in [0.717, 1.165) is 12.8 Å². The highest BCUT2D eigenvalue weighted by Gasteiger charge is 2.42. The monoisotopic (exact) mass is 358 g/mol. The first-order valence-electron chi connectivity index (χ1n) is 10.3. The van der Waals surface area contributed by atoms with Gasteiger partial charge in [0.25, 0.3) is 0 Å². The zero-order valence-electron chi connectivity index (χ0n) is 18.0. The third kappa shape index (κ3) is 4.40. The maximum absolute atomic E-state index is 6.34. The van der Waals surface area contributed by atoms with Gasteiger partial charge >= 0.3 is 0 Å². The van der Waals surface area contributed by atoms with Gasteiger partial charge in [-0.15, -0.1) is 0 Å². The summed E-state index contributed by atoms with van der Waals surface area (Å²) in [5.74, 6) is 1.70. The van der Waals surface area contributed by atoms with Crippen LogP contribution in [0.3, 0.4) is 0 Å². The lowest BCUT2D eigenvalue weighted by Crippen LogP contribution is -2.45. The maximum Gasteiger partial charge on any atom is 0.128 e. The van der Waals surface area contributed by atoms with Crippen LogP contribution in [0.1, 0.15) is 68.2 Å². The van der Waals surface area contributed by atoms with E-state index in [1.165, 1.54) is 11.1 Å². The summed E-state index contributed by atoms with van der Waals surface area (Å²) < 4.78 is 0. The lowest BCUT2D eigenvalue weighted by Gasteiger charge is -2.43. The van der Waals surface area contributed by atoms with Crippen LogP contribution >= 0.6 is 0 Å². The van der Waals surface area contributed by atoms with Gasteiger partial charge in [-0.1, -0.05) is 90.8 Å². The van der Waals surface area contributed by atoms with E-state index in [1.54, 1.807) is 0 Å². The van der Waals surface area contributed by atoms with Crippen molar-refractivity contribution in [3.05, 3.63) is 47.6 Å². The summed E-state index contributed by atoms with van der Waals surface area (Å²) in [6, 6.07) is 0. The highest BCUT2D eigenvalue weighted by atomic mass is 17.2. The zero-order chi connectivity index (χ0) is 19.5. The molecular formula is C24H38O2. The molecule has 0 aromatic heterocycles. The highest BCUT2D eigenvalue weighted by molar-refractivity contribution is 5.29. The summed E-state index contributed by atoms with van der Waals surface area (Å²) >= 11 is 0. The number of allylic oxidation sites excluding steroid dienone is 4. The molecule has 0 saturated heterocycles. The van der Waals surface area contributed by atoms with Gasteiger partial charge in [0.05, 0.1) is 0 Å². The van der Waals surface area contributed by atoms with Crippen molar-refractivity contribution in [3.63, 3.8) is 0 Å². The SMILES string of the molecule is CC(C)C1=CC=CC(OOC2(C(C)C)C=CC=C(C(C)C)C2)(C(C)C)C1. The molecule has 2 heteroatoms. The minimum absolute atomic E-state index is 0.332. The van der Waals surface area contributed by atoms with Crippen molar-refractivity contribution in [1.29, 1.82) is 0 Å². The van der Waals surface area contributed by atoms with Crippen molar-refractivity contribution in [2.75, 3.05) is 0 Å². The van der Waals surface area contributed by atoms with Gasteiger partial charge in [-0.25, -0.2) is 9.78 Å². The van der Waals surface area contributed by atoms with E-state index in [1.807, 2.05) is 0 Å². The molecule has 0 N–H and O–H groups in total. The quantitative estimate of drug-likeness (QED) is 0.367. The summed E-state index contributed by atoms with van der Waals surface area (Å²) in [6.45, 7) is 17.9. The predicted octanol–water partition coefficient (Wildman–Crippen LogP) is 6.81. The normalized spacial score (nSPS) is 29.1. The molecule has 146 valence electrons. The fourth-order valence-corrected chi connectivity index (χ4v) is 3.59. The molecular weight excluding hydrogens is 320 g/mol. The Morgan fingerprint density at radius 3 is 1.27 bits per heavy atom. The Hall–Kier alpha value is -1.12. The van der Waals surface area contributed by atoms with E-state index in [0.29, 0.717) is 23.7 Å². The van der Waals surface area contributed by atoms with Crippen molar-refractivity contribution in [1.82, 2.24) is 0 Å². The summed E-state index contributed by atoms with van der Waals surface area (Å²) in [5.41, 5.74) is 2.04. The average Bonchev–Trinajstić information content (AvgIpc) is 2.60. The average molecular weight is 359 g/mol. The Bertz CT molecular complexity index is 550. The first-order chi connectivity index (χ1) is 12.1. The number of rotatable bonds is 7. The van der Waals surface area contributed by atoms with Gasteiger partial charge in [0, 0.05) is 12.8 Å². The minimum atomic E-state index is -0.400. The fourth-order valence-electron chi connectivity index (χ4n) is 3.59. The van der Waals surface area contributed by atoms with Crippen LogP contribution in [0.5, 0.6) is 0 Å². The Morgan fingerprint density at radius 1 is 0.654 bits per heavy atom. The molecule has 2 unspecified atom stereocenters. The molecule has 0 amide bonds. The van der Waals surface area contributed by atoms with Crippen molar-refractivity contribution < 1.29 is 9.78 Å². The third-order valence-electron chi connectivity index (χ3n) is 6.13. The third-order valence-corrected chi connectivity index (χ3v) is 6.13. The molecule has 0 bridgehead atoms. The van der Waals surface area contributed by atoms with E-state index in [2.05, 4.69) is 91.8 Å². The Kier molecular flexibility index (Phi) is 6.74. The molecule has 2 nitrogen and oxygen atoms in total. The molecule has 0 spiro atoms. The van der Waals surface area contributed by atoms with Crippen LogP contribution in [0.15, 0.2) is 47.6 Å². The highest BCUT2D eigenvalue weighted by Crippen LogP contribution is 2.41. The molecule has 0 aromatic rings. The number of hydrogen-bond donors (Lipinski definition) is 0. The van der Waals surface area contributed by atoms with Crippen LogP contribution in [-0.4, -0.2) is 11.2 Å².